The fourth-order valence-corrected chi connectivity index (χ4v) is 2.50. The molecule has 2 N–H and O–H groups in total. The van der Waals surface area contributed by atoms with Crippen LogP contribution in [-0.4, -0.2) is 43.0 Å². The minimum Gasteiger partial charge on any atom is -0.371 e. The number of nitrogens with zero attached hydrogens (tertiary/aromatic N) is 1. The predicted molar refractivity (Wildman–Crippen MR) is 79.5 cm³/mol. The fraction of sp³-hybridized carbons (Fsp3) is 0.500. The lowest BCUT2D eigenvalue weighted by molar-refractivity contribution is -0.139. The molecule has 0 aliphatic carbocycles. The van der Waals surface area contributed by atoms with Gasteiger partial charge in [0.25, 0.3) is 0 Å². The molecule has 1 fully saturated rings. The molecule has 5 heteroatoms. The zero-order valence-electron chi connectivity index (χ0n) is 12.2. The van der Waals surface area contributed by atoms with Crippen LogP contribution in [0.1, 0.15) is 18.4 Å². The van der Waals surface area contributed by atoms with Gasteiger partial charge in [0.15, 0.2) is 0 Å². The van der Waals surface area contributed by atoms with Crippen molar-refractivity contribution >= 4 is 11.8 Å². The molecule has 1 aromatic carbocycles. The van der Waals surface area contributed by atoms with Crippen LogP contribution < -0.4 is 5.73 Å². The first-order valence-corrected chi connectivity index (χ1v) is 7.35. The highest BCUT2D eigenvalue weighted by Gasteiger charge is 2.25. The lowest BCUT2D eigenvalue weighted by Gasteiger charge is -2.30. The van der Waals surface area contributed by atoms with Crippen molar-refractivity contribution in [1.82, 2.24) is 4.90 Å². The van der Waals surface area contributed by atoms with E-state index in [1.165, 1.54) is 5.56 Å². The van der Waals surface area contributed by atoms with E-state index in [1.54, 1.807) is 4.90 Å². The van der Waals surface area contributed by atoms with Crippen molar-refractivity contribution in [2.45, 2.75) is 19.3 Å². The van der Waals surface area contributed by atoms with Crippen molar-refractivity contribution in [3.8, 4) is 0 Å². The van der Waals surface area contributed by atoms with Crippen molar-refractivity contribution in [3.05, 3.63) is 35.9 Å². The van der Waals surface area contributed by atoms with E-state index < -0.39 is 0 Å². The summed E-state index contributed by atoms with van der Waals surface area (Å²) in [7, 11) is 0. The maximum Gasteiger partial charge on any atom is 0.248 e. The Labute approximate surface area is 125 Å². The molecular weight excluding hydrogens is 268 g/mol. The average molecular weight is 290 g/mol. The smallest absolute Gasteiger partial charge is 0.248 e. The molecule has 0 saturated carbocycles. The second-order valence-corrected chi connectivity index (χ2v) is 5.35. The fourth-order valence-electron chi connectivity index (χ4n) is 2.50. The number of carbonyl (C=O) groups excluding carboxylic acids is 2. The van der Waals surface area contributed by atoms with Gasteiger partial charge in [0, 0.05) is 19.0 Å². The number of rotatable bonds is 6. The third kappa shape index (κ3) is 4.86. The quantitative estimate of drug-likeness (QED) is 0.793. The zero-order chi connectivity index (χ0) is 15.1. The molecule has 0 atom stereocenters. The normalized spacial score (nSPS) is 15.9. The van der Waals surface area contributed by atoms with Crippen LogP contribution in [0.5, 0.6) is 0 Å². The molecule has 0 unspecified atom stereocenters. The van der Waals surface area contributed by atoms with Gasteiger partial charge in [-0.15, -0.1) is 0 Å². The molecule has 1 aliphatic heterocycles. The van der Waals surface area contributed by atoms with E-state index in [0.29, 0.717) is 32.5 Å². The van der Waals surface area contributed by atoms with Crippen LogP contribution in [0.25, 0.3) is 0 Å². The Morgan fingerprint density at radius 1 is 1.19 bits per heavy atom. The highest BCUT2D eigenvalue weighted by molar-refractivity contribution is 5.79. The molecule has 0 radical (unpaired) electrons. The second-order valence-electron chi connectivity index (χ2n) is 5.35. The van der Waals surface area contributed by atoms with Gasteiger partial charge >= 0.3 is 0 Å². The summed E-state index contributed by atoms with van der Waals surface area (Å²) in [6.07, 6.45) is 2.12. The lowest BCUT2D eigenvalue weighted by Crippen LogP contribution is -2.43. The molecule has 1 aliphatic rings. The van der Waals surface area contributed by atoms with E-state index >= 15 is 0 Å². The molecule has 21 heavy (non-hydrogen) atoms. The summed E-state index contributed by atoms with van der Waals surface area (Å²) in [6, 6.07) is 10.0. The number of carbonyl (C=O) groups is 2. The van der Waals surface area contributed by atoms with Gasteiger partial charge in [-0.1, -0.05) is 30.3 Å². The molecule has 1 heterocycles. The summed E-state index contributed by atoms with van der Waals surface area (Å²) < 4.78 is 5.44. The molecule has 0 aromatic heterocycles. The van der Waals surface area contributed by atoms with E-state index in [2.05, 4.69) is 0 Å². The Morgan fingerprint density at radius 3 is 2.48 bits per heavy atom. The second kappa shape index (κ2) is 7.78. The summed E-state index contributed by atoms with van der Waals surface area (Å²) in [5.74, 6) is -0.361. The monoisotopic (exact) mass is 290 g/mol. The van der Waals surface area contributed by atoms with E-state index in [-0.39, 0.29) is 24.3 Å². The summed E-state index contributed by atoms with van der Waals surface area (Å²) in [5.41, 5.74) is 6.48. The lowest BCUT2D eigenvalue weighted by atomic mass is 9.96. The largest absolute Gasteiger partial charge is 0.371 e. The Morgan fingerprint density at radius 2 is 1.86 bits per heavy atom. The van der Waals surface area contributed by atoms with Crippen LogP contribution in [0.2, 0.25) is 0 Å². The van der Waals surface area contributed by atoms with Crippen molar-refractivity contribution < 1.29 is 14.3 Å². The summed E-state index contributed by atoms with van der Waals surface area (Å²) in [6.45, 7) is 1.82. The molecule has 1 aromatic rings. The van der Waals surface area contributed by atoms with Gasteiger partial charge in [-0.2, -0.15) is 0 Å². The number of primary amides is 1. The van der Waals surface area contributed by atoms with Crippen molar-refractivity contribution in [1.29, 1.82) is 0 Å². The first kappa shape index (κ1) is 15.5. The Bertz CT molecular complexity index is 468. The third-order valence-corrected chi connectivity index (χ3v) is 3.85. The number of ether oxygens (including phenoxy) is 1. The van der Waals surface area contributed by atoms with Crippen molar-refractivity contribution in [2.75, 3.05) is 26.3 Å². The van der Waals surface area contributed by atoms with Gasteiger partial charge < -0.3 is 15.4 Å². The highest BCUT2D eigenvalue weighted by atomic mass is 16.5. The number of likely N-dealkylation sites (tertiary alicyclic amines) is 1. The van der Waals surface area contributed by atoms with E-state index in [9.17, 15) is 9.59 Å². The number of amides is 2. The van der Waals surface area contributed by atoms with E-state index in [1.807, 2.05) is 30.3 Å². The molecule has 0 spiro atoms. The minimum atomic E-state index is -0.263. The molecule has 114 valence electrons. The molecule has 5 nitrogen and oxygen atoms in total. The first-order chi connectivity index (χ1) is 10.2. The zero-order valence-corrected chi connectivity index (χ0v) is 12.2. The number of benzene rings is 1. The summed E-state index contributed by atoms with van der Waals surface area (Å²) >= 11 is 0. The predicted octanol–water partition coefficient (Wildman–Crippen LogP) is 0.970. The molecule has 2 rings (SSSR count). The van der Waals surface area contributed by atoms with Crippen LogP contribution in [0.4, 0.5) is 0 Å². The van der Waals surface area contributed by atoms with Gasteiger partial charge in [0.2, 0.25) is 11.8 Å². The number of hydrogen-bond donors (Lipinski definition) is 1. The van der Waals surface area contributed by atoms with Crippen LogP contribution >= 0.6 is 0 Å². The Balaban J connectivity index is 1.63. The average Bonchev–Trinajstić information content (AvgIpc) is 2.52. The number of hydrogen-bond acceptors (Lipinski definition) is 3. The van der Waals surface area contributed by atoms with Crippen LogP contribution in [0, 0.1) is 5.92 Å². The molecule has 2 amide bonds. The maximum atomic E-state index is 12.0. The van der Waals surface area contributed by atoms with Crippen LogP contribution in [0.15, 0.2) is 30.3 Å². The summed E-state index contributed by atoms with van der Waals surface area (Å²) in [5, 5.41) is 0. The SMILES string of the molecule is NC(=O)C1CCN(C(=O)COCCc2ccccc2)CC1. The molecule has 0 bridgehead atoms. The minimum absolute atomic E-state index is 0.00835. The van der Waals surface area contributed by atoms with Crippen molar-refractivity contribution in [3.63, 3.8) is 0 Å². The first-order valence-electron chi connectivity index (χ1n) is 7.35. The number of nitrogens with two attached hydrogens (primary N) is 1. The van der Waals surface area contributed by atoms with Gasteiger partial charge in [-0.3, -0.25) is 9.59 Å². The summed E-state index contributed by atoms with van der Waals surface area (Å²) in [4.78, 5) is 24.8. The van der Waals surface area contributed by atoms with Gasteiger partial charge in [0.05, 0.1) is 6.61 Å². The number of piperidine rings is 1. The molecular formula is C16H22N2O3. The standard InChI is InChI=1S/C16H22N2O3/c17-16(20)14-6-9-18(10-7-14)15(19)12-21-11-8-13-4-2-1-3-5-13/h1-5,14H,6-12H2,(H2,17,20). The van der Waals surface area contributed by atoms with E-state index in [4.69, 9.17) is 10.5 Å². The van der Waals surface area contributed by atoms with Gasteiger partial charge in [-0.25, -0.2) is 0 Å². The van der Waals surface area contributed by atoms with Gasteiger partial charge in [0.1, 0.15) is 6.61 Å². The van der Waals surface area contributed by atoms with Gasteiger partial charge in [-0.05, 0) is 24.8 Å². The Hall–Kier alpha value is -1.88. The van der Waals surface area contributed by atoms with Crippen molar-refractivity contribution in [2.24, 2.45) is 11.7 Å². The highest BCUT2D eigenvalue weighted by Crippen LogP contribution is 2.16. The van der Waals surface area contributed by atoms with Crippen LogP contribution in [-0.2, 0) is 20.7 Å². The molecule has 1 saturated heterocycles. The van der Waals surface area contributed by atoms with E-state index in [0.717, 1.165) is 6.42 Å². The Kier molecular flexibility index (Phi) is 5.75. The third-order valence-electron chi connectivity index (χ3n) is 3.85. The topological polar surface area (TPSA) is 72.6 Å². The maximum absolute atomic E-state index is 12.0. The van der Waals surface area contributed by atoms with Crippen LogP contribution in [0.3, 0.4) is 0 Å².